The first kappa shape index (κ1) is 29.1. The van der Waals surface area contributed by atoms with Crippen molar-refractivity contribution in [2.24, 2.45) is 0 Å². The molecule has 7 nitrogen and oxygen atoms in total. The van der Waals surface area contributed by atoms with E-state index >= 15 is 0 Å². The third-order valence-electron chi connectivity index (χ3n) is 6.81. The van der Waals surface area contributed by atoms with Gasteiger partial charge in [0.15, 0.2) is 11.5 Å². The molecule has 0 aliphatic carbocycles. The number of nitrogens with zero attached hydrogens (tertiary/aromatic N) is 2. The van der Waals surface area contributed by atoms with Gasteiger partial charge in [-0.25, -0.2) is 0 Å². The fourth-order valence-corrected chi connectivity index (χ4v) is 5.40. The molecule has 0 N–H and O–H groups in total. The summed E-state index contributed by atoms with van der Waals surface area (Å²) in [5, 5.41) is 3.88. The summed E-state index contributed by atoms with van der Waals surface area (Å²) in [6.45, 7) is 1.90. The number of thiophene rings is 1. The second-order valence-electron chi connectivity index (χ2n) is 9.43. The highest BCUT2D eigenvalue weighted by atomic mass is 32.1. The predicted octanol–water partition coefficient (Wildman–Crippen LogP) is 5.67. The van der Waals surface area contributed by atoms with Gasteiger partial charge in [0, 0.05) is 37.2 Å². The second-order valence-corrected chi connectivity index (χ2v) is 10.5. The summed E-state index contributed by atoms with van der Waals surface area (Å²) in [7, 11) is 4.86. The summed E-state index contributed by atoms with van der Waals surface area (Å²) in [5.74, 6) is 1.06. The number of ether oxygens (including phenoxy) is 3. The topological polar surface area (TPSA) is 68.3 Å². The normalized spacial score (nSPS) is 10.9. The molecule has 0 saturated heterocycles. The lowest BCUT2D eigenvalue weighted by Gasteiger charge is -2.28. The number of fused-ring (bicyclic) bond motifs is 1. The molecule has 8 heteroatoms. The van der Waals surface area contributed by atoms with Gasteiger partial charge in [-0.3, -0.25) is 9.59 Å². The highest BCUT2D eigenvalue weighted by Gasteiger charge is 2.24. The molecule has 3 aromatic carbocycles. The van der Waals surface area contributed by atoms with Gasteiger partial charge in [-0.15, -0.1) is 11.3 Å². The molecule has 1 aromatic heterocycles. The molecule has 0 radical (unpaired) electrons. The largest absolute Gasteiger partial charge is 0.493 e. The van der Waals surface area contributed by atoms with Crippen molar-refractivity contribution in [2.45, 2.75) is 19.4 Å². The highest BCUT2D eigenvalue weighted by Crippen LogP contribution is 2.28. The van der Waals surface area contributed by atoms with E-state index in [4.69, 9.17) is 14.2 Å². The smallest absolute Gasteiger partial charge is 0.254 e. The van der Waals surface area contributed by atoms with E-state index < -0.39 is 0 Å². The minimum atomic E-state index is -0.155. The fourth-order valence-electron chi connectivity index (χ4n) is 4.68. The third-order valence-corrected chi connectivity index (χ3v) is 7.67. The molecular formula is C32H36N2O5S. The Hall–Kier alpha value is -3.88. The summed E-state index contributed by atoms with van der Waals surface area (Å²) >= 11 is 1.61. The molecular weight excluding hydrogens is 524 g/mol. The molecule has 210 valence electrons. The first-order valence-corrected chi connectivity index (χ1v) is 14.2. The minimum absolute atomic E-state index is 0.0108. The molecule has 2 amide bonds. The Morgan fingerprint density at radius 3 is 2.38 bits per heavy atom. The standard InChI is InChI=1S/C32H36N2O5S/c1-37-19-8-17-34(32(36)28-13-6-10-25-9-4-5-12-27(25)28)23-31(35)33(22-26-11-7-20-40-26)18-16-24-14-15-29(38-2)30(21-24)39-3/h4-7,9-15,20-21H,8,16-19,22-23H2,1-3H3. The van der Waals surface area contributed by atoms with E-state index in [1.807, 2.05) is 83.1 Å². The van der Waals surface area contributed by atoms with Crippen molar-refractivity contribution in [3.8, 4) is 11.5 Å². The van der Waals surface area contributed by atoms with Gasteiger partial charge in [-0.2, -0.15) is 0 Å². The summed E-state index contributed by atoms with van der Waals surface area (Å²) < 4.78 is 16.1. The van der Waals surface area contributed by atoms with E-state index in [0.29, 0.717) is 56.1 Å². The van der Waals surface area contributed by atoms with E-state index in [1.165, 1.54) is 0 Å². The Bertz CT molecular complexity index is 1400. The van der Waals surface area contributed by atoms with E-state index in [0.717, 1.165) is 21.2 Å². The maximum atomic E-state index is 13.8. The monoisotopic (exact) mass is 560 g/mol. The molecule has 40 heavy (non-hydrogen) atoms. The number of methoxy groups -OCH3 is 3. The zero-order valence-electron chi connectivity index (χ0n) is 23.3. The zero-order chi connectivity index (χ0) is 28.3. The number of hydrogen-bond acceptors (Lipinski definition) is 6. The number of amides is 2. The van der Waals surface area contributed by atoms with E-state index in [2.05, 4.69) is 0 Å². The minimum Gasteiger partial charge on any atom is -0.493 e. The zero-order valence-corrected chi connectivity index (χ0v) is 24.1. The molecule has 0 bridgehead atoms. The molecule has 0 spiro atoms. The predicted molar refractivity (Wildman–Crippen MR) is 159 cm³/mol. The first-order valence-electron chi connectivity index (χ1n) is 13.3. The number of hydrogen-bond donors (Lipinski definition) is 0. The van der Waals surface area contributed by atoms with Gasteiger partial charge >= 0.3 is 0 Å². The van der Waals surface area contributed by atoms with Crippen LogP contribution in [0.25, 0.3) is 10.8 Å². The molecule has 0 saturated carbocycles. The average molecular weight is 561 g/mol. The van der Waals surface area contributed by atoms with Crippen molar-refractivity contribution in [1.82, 2.24) is 9.80 Å². The molecule has 4 aromatic rings. The number of rotatable bonds is 14. The molecule has 0 unspecified atom stereocenters. The van der Waals surface area contributed by atoms with Crippen molar-refractivity contribution >= 4 is 33.9 Å². The van der Waals surface area contributed by atoms with Crippen LogP contribution in [-0.2, 0) is 22.5 Å². The van der Waals surface area contributed by atoms with Crippen LogP contribution >= 0.6 is 11.3 Å². The lowest BCUT2D eigenvalue weighted by molar-refractivity contribution is -0.132. The van der Waals surface area contributed by atoms with Crippen LogP contribution in [0.1, 0.15) is 27.2 Å². The lowest BCUT2D eigenvalue weighted by atomic mass is 10.0. The molecule has 0 aliphatic heterocycles. The van der Waals surface area contributed by atoms with Gasteiger partial charge in [0.2, 0.25) is 5.91 Å². The van der Waals surface area contributed by atoms with Crippen LogP contribution in [-0.4, -0.2) is 69.2 Å². The summed E-state index contributed by atoms with van der Waals surface area (Å²) in [5.41, 5.74) is 1.63. The van der Waals surface area contributed by atoms with Crippen molar-refractivity contribution in [2.75, 3.05) is 47.6 Å². The number of carbonyl (C=O) groups is 2. The van der Waals surface area contributed by atoms with E-state index in [1.54, 1.807) is 37.6 Å². The lowest BCUT2D eigenvalue weighted by Crippen LogP contribution is -2.44. The summed E-state index contributed by atoms with van der Waals surface area (Å²) in [4.78, 5) is 32.2. The SMILES string of the molecule is COCCCN(CC(=O)N(CCc1ccc(OC)c(OC)c1)Cc1cccs1)C(=O)c1cccc2ccccc12. The number of benzene rings is 3. The van der Waals surface area contributed by atoms with Crippen molar-refractivity contribution in [3.63, 3.8) is 0 Å². The fraction of sp³-hybridized carbons (Fsp3) is 0.312. The highest BCUT2D eigenvalue weighted by molar-refractivity contribution is 7.09. The van der Waals surface area contributed by atoms with Crippen LogP contribution in [0, 0.1) is 0 Å². The van der Waals surface area contributed by atoms with Gasteiger partial charge in [0.25, 0.3) is 5.91 Å². The second kappa shape index (κ2) is 14.5. The summed E-state index contributed by atoms with van der Waals surface area (Å²) in [6, 6.07) is 23.3. The third kappa shape index (κ3) is 7.40. The van der Waals surface area contributed by atoms with Crippen LogP contribution < -0.4 is 9.47 Å². The van der Waals surface area contributed by atoms with Gasteiger partial charge in [-0.1, -0.05) is 48.5 Å². The Morgan fingerprint density at radius 2 is 1.62 bits per heavy atom. The van der Waals surface area contributed by atoms with Crippen LogP contribution in [0.3, 0.4) is 0 Å². The van der Waals surface area contributed by atoms with E-state index in [9.17, 15) is 9.59 Å². The van der Waals surface area contributed by atoms with Crippen LogP contribution in [0.15, 0.2) is 78.2 Å². The van der Waals surface area contributed by atoms with Crippen LogP contribution in [0.4, 0.5) is 0 Å². The molecule has 1 heterocycles. The quantitative estimate of drug-likeness (QED) is 0.186. The van der Waals surface area contributed by atoms with E-state index in [-0.39, 0.29) is 18.4 Å². The van der Waals surface area contributed by atoms with Crippen LogP contribution in [0.2, 0.25) is 0 Å². The molecule has 0 fully saturated rings. The van der Waals surface area contributed by atoms with Gasteiger partial charge in [-0.05, 0) is 58.8 Å². The van der Waals surface area contributed by atoms with Crippen LogP contribution in [0.5, 0.6) is 11.5 Å². The average Bonchev–Trinajstić information content (AvgIpc) is 3.51. The maximum absolute atomic E-state index is 13.8. The molecule has 0 aliphatic rings. The molecule has 0 atom stereocenters. The Morgan fingerprint density at radius 1 is 0.825 bits per heavy atom. The maximum Gasteiger partial charge on any atom is 0.254 e. The summed E-state index contributed by atoms with van der Waals surface area (Å²) in [6.07, 6.45) is 1.27. The van der Waals surface area contributed by atoms with Gasteiger partial charge in [0.05, 0.1) is 20.8 Å². The van der Waals surface area contributed by atoms with Gasteiger partial charge < -0.3 is 24.0 Å². The van der Waals surface area contributed by atoms with Crippen molar-refractivity contribution in [1.29, 1.82) is 0 Å². The number of carbonyl (C=O) groups excluding carboxylic acids is 2. The Balaban J connectivity index is 1.55. The van der Waals surface area contributed by atoms with Gasteiger partial charge in [0.1, 0.15) is 6.54 Å². The molecule has 4 rings (SSSR count). The Kier molecular flexibility index (Phi) is 10.5. The first-order chi connectivity index (χ1) is 19.5. The van der Waals surface area contributed by atoms with Crippen molar-refractivity contribution in [3.05, 3.63) is 94.2 Å². The van der Waals surface area contributed by atoms with Crippen molar-refractivity contribution < 1.29 is 23.8 Å². The Labute approximate surface area is 239 Å².